The summed E-state index contributed by atoms with van der Waals surface area (Å²) in [5.74, 6) is 0.275. The third-order valence-electron chi connectivity index (χ3n) is 3.17. The minimum Gasteiger partial charge on any atom is -0.303 e. The molecule has 1 atom stereocenters. The molecular weight excluding hydrogens is 236 g/mol. The molecule has 0 aliphatic carbocycles. The summed E-state index contributed by atoms with van der Waals surface area (Å²) >= 11 is 0. The lowest BCUT2D eigenvalue weighted by atomic mass is 10.1. The van der Waals surface area contributed by atoms with Crippen molar-refractivity contribution in [3.8, 4) is 0 Å². The Bertz CT molecular complexity index is 178. The van der Waals surface area contributed by atoms with Gasteiger partial charge in [-0.05, 0) is 12.8 Å². The lowest BCUT2D eigenvalue weighted by Gasteiger charge is -1.99. The minimum absolute atomic E-state index is 0.275. The van der Waals surface area contributed by atoms with E-state index in [1.54, 1.807) is 0 Å². The Morgan fingerprint density at radius 3 is 1.84 bits per heavy atom. The Hall–Kier alpha value is -0.660. The molecule has 2 nitrogen and oxygen atoms in total. The van der Waals surface area contributed by atoms with Crippen LogP contribution in [0.4, 0.5) is 0 Å². The molecule has 0 aliphatic heterocycles. The van der Waals surface area contributed by atoms with Crippen LogP contribution in [0.5, 0.6) is 0 Å². The van der Waals surface area contributed by atoms with E-state index in [1.165, 1.54) is 51.4 Å². The fourth-order valence-electron chi connectivity index (χ4n) is 1.79. The van der Waals surface area contributed by atoms with E-state index in [2.05, 4.69) is 13.8 Å². The van der Waals surface area contributed by atoms with Gasteiger partial charge in [-0.15, -0.1) is 0 Å². The van der Waals surface area contributed by atoms with Crippen LogP contribution in [-0.4, -0.2) is 12.6 Å². The van der Waals surface area contributed by atoms with Crippen molar-refractivity contribution >= 4 is 12.6 Å². The van der Waals surface area contributed by atoms with Gasteiger partial charge < -0.3 is 9.59 Å². The van der Waals surface area contributed by atoms with Gasteiger partial charge in [0.2, 0.25) is 0 Å². The Morgan fingerprint density at radius 1 is 0.789 bits per heavy atom. The second-order valence-corrected chi connectivity index (χ2v) is 5.33. The Kier molecular flexibility index (Phi) is 21.4. The maximum Gasteiger partial charge on any atom is 0.122 e. The normalized spacial score (nSPS) is 11.3. The van der Waals surface area contributed by atoms with Gasteiger partial charge in [-0.3, -0.25) is 0 Å². The van der Waals surface area contributed by atoms with Gasteiger partial charge in [-0.25, -0.2) is 0 Å². The van der Waals surface area contributed by atoms with Gasteiger partial charge in [0.1, 0.15) is 12.6 Å². The van der Waals surface area contributed by atoms with Crippen molar-refractivity contribution in [3.63, 3.8) is 0 Å². The van der Waals surface area contributed by atoms with Crippen molar-refractivity contribution in [1.82, 2.24) is 0 Å². The van der Waals surface area contributed by atoms with E-state index in [0.717, 1.165) is 31.8 Å². The third-order valence-corrected chi connectivity index (χ3v) is 3.17. The molecule has 0 aromatic rings. The molecule has 0 rings (SSSR count). The summed E-state index contributed by atoms with van der Waals surface area (Å²) in [4.78, 5) is 20.0. The Morgan fingerprint density at radius 2 is 1.32 bits per heavy atom. The minimum atomic E-state index is 0.275. The highest BCUT2D eigenvalue weighted by Gasteiger charge is 1.96. The van der Waals surface area contributed by atoms with Crippen molar-refractivity contribution in [2.75, 3.05) is 0 Å². The molecule has 0 saturated carbocycles. The lowest BCUT2D eigenvalue weighted by molar-refractivity contribution is -0.111. The first kappa shape index (κ1) is 20.7. The highest BCUT2D eigenvalue weighted by Crippen LogP contribution is 2.06. The van der Waals surface area contributed by atoms with Crippen LogP contribution in [0.25, 0.3) is 0 Å². The first-order chi connectivity index (χ1) is 9.22. The van der Waals surface area contributed by atoms with Gasteiger partial charge in [0.05, 0.1) is 0 Å². The van der Waals surface area contributed by atoms with Crippen LogP contribution in [0.3, 0.4) is 0 Å². The van der Waals surface area contributed by atoms with Crippen LogP contribution in [0.1, 0.15) is 91.4 Å². The maximum atomic E-state index is 10.1. The number of carbonyl (C=O) groups is 2. The Labute approximate surface area is 120 Å². The smallest absolute Gasteiger partial charge is 0.122 e. The van der Waals surface area contributed by atoms with E-state index in [1.807, 2.05) is 6.92 Å². The molecule has 0 aromatic heterocycles. The SMILES string of the molecule is CCCCCC(C)C=O.CCCCCCCCC=O. The van der Waals surface area contributed by atoms with Crippen molar-refractivity contribution < 1.29 is 9.59 Å². The summed E-state index contributed by atoms with van der Waals surface area (Å²) in [7, 11) is 0. The number of aldehydes is 2. The van der Waals surface area contributed by atoms with Crippen molar-refractivity contribution in [3.05, 3.63) is 0 Å². The maximum absolute atomic E-state index is 10.1. The van der Waals surface area contributed by atoms with Crippen LogP contribution >= 0.6 is 0 Å². The summed E-state index contributed by atoms with van der Waals surface area (Å²) < 4.78 is 0. The van der Waals surface area contributed by atoms with Gasteiger partial charge in [0.25, 0.3) is 0 Å². The molecule has 19 heavy (non-hydrogen) atoms. The summed E-state index contributed by atoms with van der Waals surface area (Å²) in [6.45, 7) is 6.36. The van der Waals surface area contributed by atoms with E-state index >= 15 is 0 Å². The summed E-state index contributed by atoms with van der Waals surface area (Å²) in [6.07, 6.45) is 15.2. The van der Waals surface area contributed by atoms with E-state index in [0.29, 0.717) is 0 Å². The topological polar surface area (TPSA) is 34.1 Å². The second-order valence-electron chi connectivity index (χ2n) is 5.33. The van der Waals surface area contributed by atoms with Gasteiger partial charge >= 0.3 is 0 Å². The first-order valence-corrected chi connectivity index (χ1v) is 8.11. The molecule has 0 bridgehead atoms. The average molecular weight is 270 g/mol. The lowest BCUT2D eigenvalue weighted by Crippen LogP contribution is -1.94. The predicted octanol–water partition coefficient (Wildman–Crippen LogP) is 5.34. The fourth-order valence-corrected chi connectivity index (χ4v) is 1.79. The molecule has 0 fully saturated rings. The van der Waals surface area contributed by atoms with Crippen molar-refractivity contribution in [1.29, 1.82) is 0 Å². The molecule has 0 saturated heterocycles. The Balaban J connectivity index is 0. The van der Waals surface area contributed by atoms with E-state index in [-0.39, 0.29) is 5.92 Å². The predicted molar refractivity (Wildman–Crippen MR) is 83.4 cm³/mol. The highest BCUT2D eigenvalue weighted by molar-refractivity contribution is 5.52. The molecule has 0 amide bonds. The molecule has 1 unspecified atom stereocenters. The van der Waals surface area contributed by atoms with Crippen LogP contribution in [0.15, 0.2) is 0 Å². The van der Waals surface area contributed by atoms with Crippen molar-refractivity contribution in [2.24, 2.45) is 5.92 Å². The van der Waals surface area contributed by atoms with Crippen molar-refractivity contribution in [2.45, 2.75) is 91.4 Å². The molecule has 0 N–H and O–H groups in total. The number of carbonyl (C=O) groups excluding carboxylic acids is 2. The second kappa shape index (κ2) is 19.7. The summed E-state index contributed by atoms with van der Waals surface area (Å²) in [5, 5.41) is 0. The highest BCUT2D eigenvalue weighted by atomic mass is 16.1. The fraction of sp³-hybridized carbons (Fsp3) is 0.882. The van der Waals surface area contributed by atoms with Crippen LogP contribution < -0.4 is 0 Å². The molecular formula is C17H34O2. The molecule has 0 aromatic carbocycles. The van der Waals surface area contributed by atoms with Gasteiger partial charge in [0.15, 0.2) is 0 Å². The quantitative estimate of drug-likeness (QED) is 0.354. The van der Waals surface area contributed by atoms with E-state index < -0.39 is 0 Å². The number of hydrogen-bond donors (Lipinski definition) is 0. The van der Waals surface area contributed by atoms with Crippen LogP contribution in [0, 0.1) is 5.92 Å². The molecule has 0 spiro atoms. The monoisotopic (exact) mass is 270 g/mol. The van der Waals surface area contributed by atoms with E-state index in [9.17, 15) is 9.59 Å². The number of hydrogen-bond acceptors (Lipinski definition) is 2. The molecule has 114 valence electrons. The summed E-state index contributed by atoms with van der Waals surface area (Å²) in [5.41, 5.74) is 0. The van der Waals surface area contributed by atoms with Crippen LogP contribution in [0.2, 0.25) is 0 Å². The standard InChI is InChI=1S/C9H18O.C8H16O/c1-2-3-4-5-6-7-8-9-10;1-3-4-5-6-8(2)7-9/h9H,2-8H2,1H3;7-8H,3-6H2,1-2H3. The first-order valence-electron chi connectivity index (χ1n) is 8.11. The molecule has 0 heterocycles. The van der Waals surface area contributed by atoms with Crippen LogP contribution in [-0.2, 0) is 9.59 Å². The number of rotatable bonds is 12. The van der Waals surface area contributed by atoms with Gasteiger partial charge in [-0.1, -0.05) is 72.1 Å². The average Bonchev–Trinajstić information content (AvgIpc) is 2.43. The van der Waals surface area contributed by atoms with Gasteiger partial charge in [0, 0.05) is 12.3 Å². The van der Waals surface area contributed by atoms with Gasteiger partial charge in [-0.2, -0.15) is 0 Å². The zero-order valence-corrected chi connectivity index (χ0v) is 13.3. The number of unbranched alkanes of at least 4 members (excludes halogenated alkanes) is 8. The molecule has 0 aliphatic rings. The largest absolute Gasteiger partial charge is 0.303 e. The zero-order valence-electron chi connectivity index (χ0n) is 13.3. The zero-order chi connectivity index (χ0) is 14.8. The molecule has 2 heteroatoms. The summed E-state index contributed by atoms with van der Waals surface area (Å²) in [6, 6.07) is 0. The third kappa shape index (κ3) is 22.9. The molecule has 0 radical (unpaired) electrons. The van der Waals surface area contributed by atoms with E-state index in [4.69, 9.17) is 0 Å².